The van der Waals surface area contributed by atoms with Gasteiger partial charge in [-0.1, -0.05) is 13.8 Å². The molecule has 0 fully saturated rings. The van der Waals surface area contributed by atoms with Gasteiger partial charge in [-0.05, 0) is 18.4 Å². The summed E-state index contributed by atoms with van der Waals surface area (Å²) in [6.07, 6.45) is 1.43. The van der Waals surface area contributed by atoms with E-state index in [1.54, 1.807) is 13.0 Å². The minimum absolute atomic E-state index is 0.409. The van der Waals surface area contributed by atoms with Crippen LogP contribution in [0, 0.1) is 12.8 Å². The first kappa shape index (κ1) is 12.0. The molecule has 1 rings (SSSR count). The maximum Gasteiger partial charge on any atom is 0.490 e. The highest BCUT2D eigenvalue weighted by Gasteiger charge is 2.14. The molecule has 0 aliphatic rings. The van der Waals surface area contributed by atoms with E-state index >= 15 is 0 Å². The maximum absolute atomic E-state index is 8.99. The maximum atomic E-state index is 8.99. The van der Waals surface area contributed by atoms with E-state index in [-0.39, 0.29) is 0 Å². The smallest absolute Gasteiger partial charge is 0.477 e. The summed E-state index contributed by atoms with van der Waals surface area (Å²) >= 11 is 0. The van der Waals surface area contributed by atoms with Gasteiger partial charge < -0.3 is 14.8 Å². The average Bonchev–Trinajstić information content (AvgIpc) is 2.14. The molecule has 2 N–H and O–H groups in total. The molecule has 1 aromatic rings. The first-order valence-electron chi connectivity index (χ1n) is 4.96. The van der Waals surface area contributed by atoms with E-state index in [4.69, 9.17) is 14.8 Å². The van der Waals surface area contributed by atoms with Crippen LogP contribution in [0.1, 0.15) is 19.4 Å². The number of aryl methyl sites for hydroxylation is 1. The fourth-order valence-corrected chi connectivity index (χ4v) is 1.14. The van der Waals surface area contributed by atoms with E-state index in [2.05, 4.69) is 18.8 Å². The molecule has 1 heterocycles. The Morgan fingerprint density at radius 2 is 2.13 bits per heavy atom. The summed E-state index contributed by atoms with van der Waals surface area (Å²) in [5.74, 6) is 0.959. The summed E-state index contributed by atoms with van der Waals surface area (Å²) in [5, 5.41) is 18.0. The fourth-order valence-electron chi connectivity index (χ4n) is 1.14. The van der Waals surface area contributed by atoms with E-state index in [0.717, 1.165) is 5.56 Å². The number of pyridine rings is 1. The highest BCUT2D eigenvalue weighted by molar-refractivity contribution is 6.59. The molecule has 0 bridgehead atoms. The molecule has 0 unspecified atom stereocenters. The molecule has 0 saturated carbocycles. The summed E-state index contributed by atoms with van der Waals surface area (Å²) in [4.78, 5) is 3.99. The Morgan fingerprint density at radius 3 is 2.60 bits per heavy atom. The highest BCUT2D eigenvalue weighted by atomic mass is 16.5. The lowest BCUT2D eigenvalue weighted by atomic mass is 9.79. The summed E-state index contributed by atoms with van der Waals surface area (Å²) in [6, 6.07) is 1.71. The van der Waals surface area contributed by atoms with Crippen molar-refractivity contribution in [1.29, 1.82) is 0 Å². The van der Waals surface area contributed by atoms with Gasteiger partial charge >= 0.3 is 7.12 Å². The molecule has 82 valence electrons. The predicted molar refractivity (Wildman–Crippen MR) is 59.1 cm³/mol. The van der Waals surface area contributed by atoms with E-state index in [1.807, 2.05) is 0 Å². The minimum atomic E-state index is -1.48. The van der Waals surface area contributed by atoms with Gasteiger partial charge in [-0.15, -0.1) is 0 Å². The molecule has 0 aliphatic heterocycles. The lowest BCUT2D eigenvalue weighted by molar-refractivity contribution is 0.261. The van der Waals surface area contributed by atoms with Crippen LogP contribution in [-0.4, -0.2) is 28.8 Å². The van der Waals surface area contributed by atoms with Crippen molar-refractivity contribution in [3.05, 3.63) is 17.8 Å². The van der Waals surface area contributed by atoms with Gasteiger partial charge in [0.05, 0.1) is 6.61 Å². The molecule has 0 atom stereocenters. The molecule has 4 nitrogen and oxygen atoms in total. The van der Waals surface area contributed by atoms with Gasteiger partial charge in [0.2, 0.25) is 5.88 Å². The average molecular weight is 209 g/mol. The van der Waals surface area contributed by atoms with E-state index in [0.29, 0.717) is 23.9 Å². The zero-order valence-electron chi connectivity index (χ0n) is 9.27. The number of hydrogen-bond acceptors (Lipinski definition) is 4. The highest BCUT2D eigenvalue weighted by Crippen LogP contribution is 2.08. The van der Waals surface area contributed by atoms with Crippen molar-refractivity contribution in [1.82, 2.24) is 4.98 Å². The van der Waals surface area contributed by atoms with Crippen LogP contribution in [-0.2, 0) is 0 Å². The lowest BCUT2D eigenvalue weighted by Gasteiger charge is -2.10. The van der Waals surface area contributed by atoms with Crippen molar-refractivity contribution in [2.75, 3.05) is 6.61 Å². The van der Waals surface area contributed by atoms with Crippen molar-refractivity contribution in [3.8, 4) is 5.88 Å². The molecule has 15 heavy (non-hydrogen) atoms. The van der Waals surface area contributed by atoms with Crippen LogP contribution in [0.4, 0.5) is 0 Å². The molecular formula is C10H16BNO3. The van der Waals surface area contributed by atoms with Crippen LogP contribution in [0.3, 0.4) is 0 Å². The molecule has 0 amide bonds. The second kappa shape index (κ2) is 5.14. The van der Waals surface area contributed by atoms with E-state index in [9.17, 15) is 0 Å². The Kier molecular flexibility index (Phi) is 4.11. The molecule has 1 aromatic heterocycles. The number of nitrogens with zero attached hydrogens (tertiary/aromatic N) is 1. The summed E-state index contributed by atoms with van der Waals surface area (Å²) in [7, 11) is -1.48. The molecule has 0 aliphatic carbocycles. The van der Waals surface area contributed by atoms with Crippen LogP contribution < -0.4 is 10.2 Å². The number of rotatable bonds is 4. The zero-order chi connectivity index (χ0) is 11.4. The Bertz CT molecular complexity index is 328. The SMILES string of the molecule is Cc1cc(OCC(C)C)ncc1B(O)O. The summed E-state index contributed by atoms with van der Waals surface area (Å²) in [5.41, 5.74) is 1.17. The van der Waals surface area contributed by atoms with E-state index in [1.165, 1.54) is 6.20 Å². The monoisotopic (exact) mass is 209 g/mol. The molecule has 5 heteroatoms. The molecular weight excluding hydrogens is 193 g/mol. The van der Waals surface area contributed by atoms with Crippen molar-refractivity contribution in [3.63, 3.8) is 0 Å². The summed E-state index contributed by atoms with van der Waals surface area (Å²) in [6.45, 7) is 6.50. The number of hydrogen-bond donors (Lipinski definition) is 2. The number of ether oxygens (including phenoxy) is 1. The van der Waals surface area contributed by atoms with Crippen molar-refractivity contribution in [2.45, 2.75) is 20.8 Å². The predicted octanol–water partition coefficient (Wildman–Crippen LogP) is 0.105. The molecule has 0 saturated heterocycles. The number of aromatic nitrogens is 1. The molecule has 0 spiro atoms. The Labute approximate surface area is 90.1 Å². The molecule has 0 radical (unpaired) electrons. The van der Waals surface area contributed by atoms with Crippen LogP contribution in [0.2, 0.25) is 0 Å². The van der Waals surface area contributed by atoms with Gasteiger partial charge in [-0.25, -0.2) is 4.98 Å². The third-order valence-corrected chi connectivity index (χ3v) is 1.97. The van der Waals surface area contributed by atoms with Crippen LogP contribution in [0.25, 0.3) is 0 Å². The largest absolute Gasteiger partial charge is 0.490 e. The van der Waals surface area contributed by atoms with Crippen LogP contribution in [0.15, 0.2) is 12.3 Å². The third-order valence-electron chi connectivity index (χ3n) is 1.97. The topological polar surface area (TPSA) is 62.6 Å². The van der Waals surface area contributed by atoms with Gasteiger partial charge in [0.15, 0.2) is 0 Å². The zero-order valence-corrected chi connectivity index (χ0v) is 9.27. The third kappa shape index (κ3) is 3.53. The van der Waals surface area contributed by atoms with Crippen molar-refractivity contribution in [2.24, 2.45) is 5.92 Å². The summed E-state index contributed by atoms with van der Waals surface area (Å²) < 4.78 is 5.41. The van der Waals surface area contributed by atoms with Gasteiger partial charge in [-0.2, -0.15) is 0 Å². The second-order valence-electron chi connectivity index (χ2n) is 3.96. The first-order valence-corrected chi connectivity index (χ1v) is 4.96. The Hall–Kier alpha value is -1.07. The van der Waals surface area contributed by atoms with Crippen LogP contribution in [0.5, 0.6) is 5.88 Å². The standard InChI is InChI=1S/C10H16BNO3/c1-7(2)6-15-10-4-8(3)9(5-12-10)11(13)14/h4-5,7,13-14H,6H2,1-3H3. The quantitative estimate of drug-likeness (QED) is 0.690. The van der Waals surface area contributed by atoms with E-state index < -0.39 is 7.12 Å². The normalized spacial score (nSPS) is 10.5. The van der Waals surface area contributed by atoms with Crippen molar-refractivity contribution < 1.29 is 14.8 Å². The van der Waals surface area contributed by atoms with Gasteiger partial charge in [0.1, 0.15) is 0 Å². The first-order chi connectivity index (χ1) is 7.00. The minimum Gasteiger partial charge on any atom is -0.477 e. The Balaban J connectivity index is 2.73. The molecule has 0 aromatic carbocycles. The lowest BCUT2D eigenvalue weighted by Crippen LogP contribution is -2.32. The van der Waals surface area contributed by atoms with Gasteiger partial charge in [0.25, 0.3) is 0 Å². The van der Waals surface area contributed by atoms with Gasteiger partial charge in [0, 0.05) is 17.7 Å². The van der Waals surface area contributed by atoms with Crippen molar-refractivity contribution >= 4 is 12.6 Å². The van der Waals surface area contributed by atoms with Gasteiger partial charge in [-0.3, -0.25) is 0 Å². The van der Waals surface area contributed by atoms with Crippen LogP contribution >= 0.6 is 0 Å². The second-order valence-corrected chi connectivity index (χ2v) is 3.96. The fraction of sp³-hybridized carbons (Fsp3) is 0.500. The Morgan fingerprint density at radius 1 is 1.47 bits per heavy atom.